The Kier molecular flexibility index (Phi) is 4.23. The molecule has 17 heavy (non-hydrogen) atoms. The van der Waals surface area contributed by atoms with Crippen LogP contribution in [0.1, 0.15) is 18.9 Å². The Morgan fingerprint density at radius 3 is 2.71 bits per heavy atom. The van der Waals surface area contributed by atoms with E-state index in [4.69, 9.17) is 10.2 Å². The van der Waals surface area contributed by atoms with Crippen molar-refractivity contribution in [1.29, 1.82) is 0 Å². The molecule has 1 aromatic heterocycles. The van der Waals surface area contributed by atoms with Gasteiger partial charge in [0, 0.05) is 10.9 Å². The van der Waals surface area contributed by atoms with Crippen LogP contribution in [-0.2, 0) is 6.42 Å². The molecular formula is C13H16N2OS. The molecule has 1 unspecified atom stereocenters. The van der Waals surface area contributed by atoms with Crippen LogP contribution in [0.15, 0.2) is 51.3 Å². The maximum Gasteiger partial charge on any atom is 0.260 e. The number of nitrogens with two attached hydrogens (primary N) is 1. The molecule has 2 aromatic rings. The molecule has 0 radical (unpaired) electrons. The van der Waals surface area contributed by atoms with E-state index in [0.29, 0.717) is 5.22 Å². The van der Waals surface area contributed by atoms with Gasteiger partial charge in [-0.1, -0.05) is 19.1 Å². The van der Waals surface area contributed by atoms with Gasteiger partial charge in [0.15, 0.2) is 0 Å². The van der Waals surface area contributed by atoms with Gasteiger partial charge < -0.3 is 10.2 Å². The summed E-state index contributed by atoms with van der Waals surface area (Å²) in [6, 6.07) is 8.63. The Morgan fingerprint density at radius 1 is 1.35 bits per heavy atom. The lowest BCUT2D eigenvalue weighted by atomic mass is 10.1. The predicted octanol–water partition coefficient (Wildman–Crippen LogP) is 3.11. The lowest BCUT2D eigenvalue weighted by Gasteiger charge is -2.08. The molecule has 3 nitrogen and oxygen atoms in total. The lowest BCUT2D eigenvalue weighted by molar-refractivity contribution is 0.454. The van der Waals surface area contributed by atoms with E-state index in [1.54, 1.807) is 12.5 Å². The molecule has 2 N–H and O–H groups in total. The van der Waals surface area contributed by atoms with Crippen molar-refractivity contribution >= 4 is 11.8 Å². The van der Waals surface area contributed by atoms with E-state index < -0.39 is 0 Å². The van der Waals surface area contributed by atoms with Crippen LogP contribution in [0.5, 0.6) is 0 Å². The zero-order valence-corrected chi connectivity index (χ0v) is 10.6. The predicted molar refractivity (Wildman–Crippen MR) is 69.0 cm³/mol. The first-order valence-electron chi connectivity index (χ1n) is 5.70. The molecular weight excluding hydrogens is 232 g/mol. The van der Waals surface area contributed by atoms with Crippen LogP contribution in [-0.4, -0.2) is 11.0 Å². The molecule has 0 aliphatic carbocycles. The van der Waals surface area contributed by atoms with Gasteiger partial charge in [0.1, 0.15) is 6.26 Å². The number of rotatable bonds is 5. The SMILES string of the molecule is CCC(N)Cc1ccc(Sc2ncco2)cc1. The van der Waals surface area contributed by atoms with Crippen molar-refractivity contribution in [3.05, 3.63) is 42.3 Å². The second kappa shape index (κ2) is 5.89. The molecule has 0 aliphatic heterocycles. The lowest BCUT2D eigenvalue weighted by Crippen LogP contribution is -2.21. The number of benzene rings is 1. The minimum absolute atomic E-state index is 0.250. The molecule has 0 spiro atoms. The fourth-order valence-corrected chi connectivity index (χ4v) is 2.19. The van der Waals surface area contributed by atoms with E-state index in [1.807, 2.05) is 0 Å². The number of hydrogen-bond acceptors (Lipinski definition) is 4. The van der Waals surface area contributed by atoms with Crippen LogP contribution in [0.4, 0.5) is 0 Å². The average Bonchev–Trinajstić information content (AvgIpc) is 2.84. The highest BCUT2D eigenvalue weighted by Crippen LogP contribution is 2.26. The zero-order valence-electron chi connectivity index (χ0n) is 9.80. The molecule has 2 rings (SSSR count). The summed E-state index contributed by atoms with van der Waals surface area (Å²) in [5, 5.41) is 0.669. The summed E-state index contributed by atoms with van der Waals surface area (Å²) in [7, 11) is 0. The van der Waals surface area contributed by atoms with Crippen molar-refractivity contribution in [2.24, 2.45) is 5.73 Å². The molecule has 1 aromatic carbocycles. The highest BCUT2D eigenvalue weighted by Gasteiger charge is 2.03. The fraction of sp³-hybridized carbons (Fsp3) is 0.308. The van der Waals surface area contributed by atoms with Gasteiger partial charge in [-0.15, -0.1) is 0 Å². The van der Waals surface area contributed by atoms with Gasteiger partial charge in [-0.25, -0.2) is 4.98 Å². The van der Waals surface area contributed by atoms with Gasteiger partial charge in [0.2, 0.25) is 0 Å². The topological polar surface area (TPSA) is 52.0 Å². The first kappa shape index (κ1) is 12.2. The first-order chi connectivity index (χ1) is 8.28. The summed E-state index contributed by atoms with van der Waals surface area (Å²) in [5.74, 6) is 0. The van der Waals surface area contributed by atoms with Crippen molar-refractivity contribution < 1.29 is 4.42 Å². The Labute approximate surface area is 105 Å². The van der Waals surface area contributed by atoms with E-state index in [1.165, 1.54) is 17.3 Å². The molecule has 0 fully saturated rings. The molecule has 90 valence electrons. The summed E-state index contributed by atoms with van der Waals surface area (Å²) in [5.41, 5.74) is 7.20. The highest BCUT2D eigenvalue weighted by molar-refractivity contribution is 7.99. The maximum atomic E-state index is 5.92. The third kappa shape index (κ3) is 3.61. The van der Waals surface area contributed by atoms with Gasteiger partial charge in [0.25, 0.3) is 5.22 Å². The van der Waals surface area contributed by atoms with Gasteiger partial charge in [-0.05, 0) is 42.3 Å². The van der Waals surface area contributed by atoms with Crippen LogP contribution >= 0.6 is 11.8 Å². The molecule has 1 atom stereocenters. The van der Waals surface area contributed by atoms with Crippen LogP contribution in [0.25, 0.3) is 0 Å². The third-order valence-corrected chi connectivity index (χ3v) is 3.44. The Balaban J connectivity index is 1.98. The summed E-state index contributed by atoms with van der Waals surface area (Å²) in [6.45, 7) is 2.11. The standard InChI is InChI=1S/C13H16N2OS/c1-2-11(14)9-10-3-5-12(6-4-10)17-13-15-7-8-16-13/h3-8,11H,2,9,14H2,1H3. The van der Waals surface area contributed by atoms with Gasteiger partial charge in [0.05, 0.1) is 6.20 Å². The molecule has 0 bridgehead atoms. The van der Waals surface area contributed by atoms with Crippen LogP contribution in [0.3, 0.4) is 0 Å². The zero-order chi connectivity index (χ0) is 12.1. The van der Waals surface area contributed by atoms with E-state index >= 15 is 0 Å². The summed E-state index contributed by atoms with van der Waals surface area (Å²) < 4.78 is 5.18. The Bertz CT molecular complexity index is 439. The largest absolute Gasteiger partial charge is 0.440 e. The van der Waals surface area contributed by atoms with Crippen molar-refractivity contribution in [2.45, 2.75) is 35.9 Å². The van der Waals surface area contributed by atoms with Gasteiger partial charge in [-0.2, -0.15) is 0 Å². The fourth-order valence-electron chi connectivity index (χ4n) is 1.50. The Hall–Kier alpha value is -1.26. The summed E-state index contributed by atoms with van der Waals surface area (Å²) >= 11 is 1.52. The molecule has 1 heterocycles. The monoisotopic (exact) mass is 248 g/mol. The number of nitrogens with zero attached hydrogens (tertiary/aromatic N) is 1. The normalized spacial score (nSPS) is 12.6. The summed E-state index contributed by atoms with van der Waals surface area (Å²) in [6.07, 6.45) is 5.17. The van der Waals surface area contributed by atoms with E-state index in [9.17, 15) is 0 Å². The van der Waals surface area contributed by atoms with Crippen LogP contribution < -0.4 is 5.73 Å². The minimum Gasteiger partial charge on any atom is -0.440 e. The molecule has 0 amide bonds. The third-order valence-electron chi connectivity index (χ3n) is 2.56. The number of oxazole rings is 1. The van der Waals surface area contributed by atoms with Crippen LogP contribution in [0.2, 0.25) is 0 Å². The summed E-state index contributed by atoms with van der Waals surface area (Å²) in [4.78, 5) is 5.20. The number of aromatic nitrogens is 1. The van der Waals surface area contributed by atoms with Gasteiger partial charge in [-0.3, -0.25) is 0 Å². The Morgan fingerprint density at radius 2 is 2.12 bits per heavy atom. The highest BCUT2D eigenvalue weighted by atomic mass is 32.2. The van der Waals surface area contributed by atoms with Crippen LogP contribution in [0, 0.1) is 0 Å². The molecule has 0 aliphatic rings. The van der Waals surface area contributed by atoms with E-state index in [2.05, 4.69) is 36.2 Å². The average molecular weight is 248 g/mol. The number of hydrogen-bond donors (Lipinski definition) is 1. The van der Waals surface area contributed by atoms with E-state index in [0.717, 1.165) is 17.7 Å². The van der Waals surface area contributed by atoms with Crippen molar-refractivity contribution in [1.82, 2.24) is 4.98 Å². The second-order valence-corrected chi connectivity index (χ2v) is 4.94. The minimum atomic E-state index is 0.250. The molecule has 4 heteroatoms. The second-order valence-electron chi connectivity index (χ2n) is 3.92. The van der Waals surface area contributed by atoms with Crippen molar-refractivity contribution in [2.75, 3.05) is 0 Å². The maximum absolute atomic E-state index is 5.92. The van der Waals surface area contributed by atoms with Crippen molar-refractivity contribution in [3.8, 4) is 0 Å². The van der Waals surface area contributed by atoms with Gasteiger partial charge >= 0.3 is 0 Å². The first-order valence-corrected chi connectivity index (χ1v) is 6.51. The smallest absolute Gasteiger partial charge is 0.260 e. The molecule has 0 saturated heterocycles. The molecule has 0 saturated carbocycles. The quantitative estimate of drug-likeness (QED) is 0.883. The van der Waals surface area contributed by atoms with Crippen molar-refractivity contribution in [3.63, 3.8) is 0 Å². The van der Waals surface area contributed by atoms with E-state index in [-0.39, 0.29) is 6.04 Å².